The highest BCUT2D eigenvalue weighted by Gasteiger charge is 2.16. The zero-order chi connectivity index (χ0) is 15.6. The summed E-state index contributed by atoms with van der Waals surface area (Å²) in [4.78, 5) is 16.3. The summed E-state index contributed by atoms with van der Waals surface area (Å²) in [5, 5.41) is 3.27. The predicted octanol–water partition coefficient (Wildman–Crippen LogP) is 4.45. The number of nitrogens with one attached hydrogen (secondary N) is 2. The van der Waals surface area contributed by atoms with Gasteiger partial charge in [0.25, 0.3) is 5.91 Å². The van der Waals surface area contributed by atoms with Gasteiger partial charge in [-0.2, -0.15) is 0 Å². The van der Waals surface area contributed by atoms with Crippen molar-refractivity contribution in [2.45, 2.75) is 0 Å². The molecule has 0 radical (unpaired) electrons. The smallest absolute Gasteiger partial charge is 0.259 e. The number of nitrogen functional groups attached to an aromatic ring is 1. The Balaban J connectivity index is 2.37. The molecule has 1 heterocycles. The van der Waals surface area contributed by atoms with Crippen molar-refractivity contribution in [1.29, 1.82) is 0 Å². The van der Waals surface area contributed by atoms with Gasteiger partial charge in [0.2, 0.25) is 0 Å². The van der Waals surface area contributed by atoms with E-state index in [9.17, 15) is 4.79 Å². The van der Waals surface area contributed by atoms with Gasteiger partial charge in [-0.05, 0) is 34.1 Å². The Morgan fingerprint density at radius 2 is 1.76 bits per heavy atom. The second-order valence-corrected chi connectivity index (χ2v) is 6.54. The van der Waals surface area contributed by atoms with Crippen molar-refractivity contribution in [2.75, 3.05) is 10.7 Å². The standard InChI is InChI=1S/C12H8Br2Cl2N4O/c13-5-2-8(15)10(9(16)3-5)19-12(21)7-1-6(14)4-18-11(7)20-17/h1-4H,17H2,(H,18,20)(H,19,21). The summed E-state index contributed by atoms with van der Waals surface area (Å²) in [6.45, 7) is 0. The van der Waals surface area contributed by atoms with Gasteiger partial charge in [0.15, 0.2) is 5.82 Å². The maximum absolute atomic E-state index is 12.3. The fourth-order valence-corrected chi connectivity index (χ4v) is 3.20. The van der Waals surface area contributed by atoms with Crippen LogP contribution in [0.5, 0.6) is 0 Å². The van der Waals surface area contributed by atoms with E-state index in [2.05, 4.69) is 47.6 Å². The number of carbonyl (C=O) groups is 1. The molecule has 0 aliphatic heterocycles. The number of amides is 1. The summed E-state index contributed by atoms with van der Waals surface area (Å²) in [6.07, 6.45) is 1.52. The summed E-state index contributed by atoms with van der Waals surface area (Å²) >= 11 is 18.7. The van der Waals surface area contributed by atoms with Gasteiger partial charge in [-0.1, -0.05) is 39.1 Å². The normalized spacial score (nSPS) is 10.3. The first kappa shape index (κ1) is 16.5. The third-order valence-corrected chi connectivity index (χ3v) is 3.97. The number of nitrogens with two attached hydrogens (primary N) is 1. The lowest BCUT2D eigenvalue weighted by Gasteiger charge is -2.12. The van der Waals surface area contributed by atoms with E-state index in [0.29, 0.717) is 24.7 Å². The summed E-state index contributed by atoms with van der Waals surface area (Å²) in [7, 11) is 0. The van der Waals surface area contributed by atoms with E-state index in [1.54, 1.807) is 18.2 Å². The molecule has 1 amide bonds. The van der Waals surface area contributed by atoms with Crippen LogP contribution in [0.1, 0.15) is 10.4 Å². The van der Waals surface area contributed by atoms with Crippen LogP contribution in [0.15, 0.2) is 33.3 Å². The molecule has 0 saturated heterocycles. The van der Waals surface area contributed by atoms with E-state index in [4.69, 9.17) is 29.0 Å². The van der Waals surface area contributed by atoms with Crippen LogP contribution in [-0.2, 0) is 0 Å². The van der Waals surface area contributed by atoms with Crippen LogP contribution >= 0.6 is 55.1 Å². The van der Waals surface area contributed by atoms with E-state index in [-0.39, 0.29) is 11.4 Å². The van der Waals surface area contributed by atoms with Crippen molar-refractivity contribution in [3.63, 3.8) is 0 Å². The van der Waals surface area contributed by atoms with E-state index < -0.39 is 5.91 Å². The first-order valence-corrected chi connectivity index (χ1v) is 7.84. The van der Waals surface area contributed by atoms with Gasteiger partial charge < -0.3 is 10.7 Å². The Labute approximate surface area is 147 Å². The lowest BCUT2D eigenvalue weighted by molar-refractivity contribution is 0.102. The average molecular weight is 455 g/mol. The number of benzene rings is 1. The number of carbonyl (C=O) groups excluding carboxylic acids is 1. The Kier molecular flexibility index (Phi) is 5.45. The quantitative estimate of drug-likeness (QED) is 0.473. The van der Waals surface area contributed by atoms with Crippen molar-refractivity contribution < 1.29 is 4.79 Å². The van der Waals surface area contributed by atoms with Crippen molar-refractivity contribution in [1.82, 2.24) is 4.98 Å². The van der Waals surface area contributed by atoms with E-state index in [1.807, 2.05) is 0 Å². The van der Waals surface area contributed by atoms with Gasteiger partial charge in [-0.15, -0.1) is 0 Å². The van der Waals surface area contributed by atoms with Crippen LogP contribution in [-0.4, -0.2) is 10.9 Å². The van der Waals surface area contributed by atoms with Gasteiger partial charge in [-0.25, -0.2) is 10.8 Å². The number of rotatable bonds is 3. The Morgan fingerprint density at radius 3 is 2.33 bits per heavy atom. The summed E-state index contributed by atoms with van der Waals surface area (Å²) in [5.41, 5.74) is 2.93. The van der Waals surface area contributed by atoms with Crippen molar-refractivity contribution in [3.05, 3.63) is 49.0 Å². The Morgan fingerprint density at radius 1 is 1.14 bits per heavy atom. The maximum atomic E-state index is 12.3. The summed E-state index contributed by atoms with van der Waals surface area (Å²) in [5.74, 6) is 5.14. The lowest BCUT2D eigenvalue weighted by Crippen LogP contribution is -2.18. The number of hydrazine groups is 1. The highest BCUT2D eigenvalue weighted by molar-refractivity contribution is 9.10. The van der Waals surface area contributed by atoms with Gasteiger partial charge in [0.05, 0.1) is 21.3 Å². The number of halogens is 4. The molecule has 1 aromatic heterocycles. The molecule has 1 aromatic carbocycles. The van der Waals surface area contributed by atoms with Crippen molar-refractivity contribution in [2.24, 2.45) is 5.84 Å². The molecule has 9 heteroatoms. The number of hydrogen-bond acceptors (Lipinski definition) is 4. The van der Waals surface area contributed by atoms with Crippen LogP contribution in [0.25, 0.3) is 0 Å². The maximum Gasteiger partial charge on any atom is 0.259 e. The topological polar surface area (TPSA) is 80.0 Å². The minimum absolute atomic E-state index is 0.236. The minimum Gasteiger partial charge on any atom is -0.319 e. The second kappa shape index (κ2) is 6.93. The van der Waals surface area contributed by atoms with Crippen molar-refractivity contribution in [3.8, 4) is 0 Å². The highest BCUT2D eigenvalue weighted by atomic mass is 79.9. The molecule has 2 rings (SSSR count). The molecule has 0 fully saturated rings. The molecule has 0 atom stereocenters. The molecule has 0 aliphatic rings. The van der Waals surface area contributed by atoms with E-state index >= 15 is 0 Å². The highest BCUT2D eigenvalue weighted by Crippen LogP contribution is 2.34. The third-order valence-electron chi connectivity index (χ3n) is 2.48. The van der Waals surface area contributed by atoms with Crippen LogP contribution in [0, 0.1) is 0 Å². The zero-order valence-corrected chi connectivity index (χ0v) is 14.9. The SMILES string of the molecule is NNc1ncc(Br)cc1C(=O)Nc1c(Cl)cc(Br)cc1Cl. The monoisotopic (exact) mass is 452 g/mol. The minimum atomic E-state index is -0.442. The van der Waals surface area contributed by atoms with Crippen LogP contribution in [0.4, 0.5) is 11.5 Å². The van der Waals surface area contributed by atoms with Gasteiger partial charge in [-0.3, -0.25) is 4.79 Å². The second-order valence-electron chi connectivity index (χ2n) is 3.89. The molecule has 0 spiro atoms. The number of pyridine rings is 1. The first-order chi connectivity index (χ1) is 9.92. The Hall–Kier alpha value is -0.860. The van der Waals surface area contributed by atoms with Gasteiger partial charge in [0, 0.05) is 15.1 Å². The molecule has 110 valence electrons. The number of anilines is 2. The molecule has 0 aliphatic carbocycles. The van der Waals surface area contributed by atoms with Crippen LogP contribution in [0.2, 0.25) is 10.0 Å². The molecule has 21 heavy (non-hydrogen) atoms. The average Bonchev–Trinajstić information content (AvgIpc) is 2.42. The molecule has 0 bridgehead atoms. The number of aromatic nitrogens is 1. The summed E-state index contributed by atoms with van der Waals surface area (Å²) < 4.78 is 1.35. The van der Waals surface area contributed by atoms with Crippen molar-refractivity contribution >= 4 is 72.5 Å². The molecule has 4 N–H and O–H groups in total. The van der Waals surface area contributed by atoms with E-state index in [1.165, 1.54) is 6.20 Å². The number of hydrogen-bond donors (Lipinski definition) is 3. The van der Waals surface area contributed by atoms with Crippen LogP contribution in [0.3, 0.4) is 0 Å². The Bertz CT molecular complexity index is 689. The fourth-order valence-electron chi connectivity index (χ4n) is 1.57. The molecule has 5 nitrogen and oxygen atoms in total. The molecule has 0 unspecified atom stereocenters. The van der Waals surface area contributed by atoms with E-state index in [0.717, 1.165) is 0 Å². The number of nitrogens with zero attached hydrogens (tertiary/aromatic N) is 1. The largest absolute Gasteiger partial charge is 0.319 e. The fraction of sp³-hybridized carbons (Fsp3) is 0. The lowest BCUT2D eigenvalue weighted by atomic mass is 10.2. The van der Waals surface area contributed by atoms with Gasteiger partial charge in [0.1, 0.15) is 0 Å². The zero-order valence-electron chi connectivity index (χ0n) is 10.3. The summed E-state index contributed by atoms with van der Waals surface area (Å²) in [6, 6.07) is 4.84. The molecule has 2 aromatic rings. The molecule has 0 saturated carbocycles. The molecular formula is C12H8Br2Cl2N4O. The molecular weight excluding hydrogens is 447 g/mol. The van der Waals surface area contributed by atoms with Crippen LogP contribution < -0.4 is 16.6 Å². The predicted molar refractivity (Wildman–Crippen MR) is 91.9 cm³/mol. The third kappa shape index (κ3) is 3.87. The van der Waals surface area contributed by atoms with Gasteiger partial charge >= 0.3 is 0 Å². The first-order valence-electron chi connectivity index (χ1n) is 5.50.